The average Bonchev–Trinajstić information content (AvgIpc) is 2.72. The summed E-state index contributed by atoms with van der Waals surface area (Å²) < 4.78 is 10.9. The highest BCUT2D eigenvalue weighted by molar-refractivity contribution is 5.41. The molecule has 0 aliphatic heterocycles. The lowest BCUT2D eigenvalue weighted by Crippen LogP contribution is -2.21. The predicted octanol–water partition coefficient (Wildman–Crippen LogP) is 3.78. The van der Waals surface area contributed by atoms with Crippen molar-refractivity contribution in [2.24, 2.45) is 0 Å². The number of benzene rings is 2. The standard InChI is InChI=1S/C21H24O4.C2H6/c1-4-13-24-19-9-5-16(6-10-19)21(2,3)17-7-11-20(12-8-17)25-15-18(23)14-22;1-2/h1,5-12,18,22-23H,13-15H2,2-3H3;1-2H3. The molecule has 2 rings (SSSR count). The van der Waals surface area contributed by atoms with Crippen LogP contribution in [0.2, 0.25) is 0 Å². The zero-order valence-electron chi connectivity index (χ0n) is 16.6. The molecule has 0 radical (unpaired) electrons. The van der Waals surface area contributed by atoms with E-state index in [1.807, 2.05) is 62.4 Å². The van der Waals surface area contributed by atoms with Crippen LogP contribution in [0.4, 0.5) is 0 Å². The third-order valence-electron chi connectivity index (χ3n) is 4.13. The van der Waals surface area contributed by atoms with E-state index in [4.69, 9.17) is 21.0 Å². The van der Waals surface area contributed by atoms with E-state index >= 15 is 0 Å². The van der Waals surface area contributed by atoms with Gasteiger partial charge in [0.1, 0.15) is 30.8 Å². The van der Waals surface area contributed by atoms with Crippen LogP contribution < -0.4 is 9.47 Å². The summed E-state index contributed by atoms with van der Waals surface area (Å²) in [6, 6.07) is 15.6. The largest absolute Gasteiger partial charge is 0.491 e. The van der Waals surface area contributed by atoms with Crippen LogP contribution in [-0.4, -0.2) is 36.1 Å². The summed E-state index contributed by atoms with van der Waals surface area (Å²) in [5.74, 6) is 3.86. The van der Waals surface area contributed by atoms with E-state index < -0.39 is 6.10 Å². The fourth-order valence-corrected chi connectivity index (χ4v) is 2.47. The SMILES string of the molecule is C#CCOc1ccc(C(C)(C)c2ccc(OCC(O)CO)cc2)cc1.CC. The third kappa shape index (κ3) is 6.63. The molecular weight excluding hydrogens is 340 g/mol. The molecule has 0 aromatic heterocycles. The molecule has 2 aromatic carbocycles. The van der Waals surface area contributed by atoms with Crippen molar-refractivity contribution in [1.82, 2.24) is 0 Å². The number of aliphatic hydroxyl groups excluding tert-OH is 2. The monoisotopic (exact) mass is 370 g/mol. The normalized spacial score (nSPS) is 11.6. The average molecular weight is 370 g/mol. The lowest BCUT2D eigenvalue weighted by atomic mass is 9.78. The third-order valence-corrected chi connectivity index (χ3v) is 4.13. The molecule has 2 N–H and O–H groups in total. The van der Waals surface area contributed by atoms with E-state index in [0.29, 0.717) is 5.75 Å². The topological polar surface area (TPSA) is 58.9 Å². The van der Waals surface area contributed by atoms with Crippen molar-refractivity contribution in [2.75, 3.05) is 19.8 Å². The quantitative estimate of drug-likeness (QED) is 0.694. The second-order valence-electron chi connectivity index (χ2n) is 6.31. The van der Waals surface area contributed by atoms with E-state index in [0.717, 1.165) is 16.9 Å². The molecule has 0 spiro atoms. The second kappa shape index (κ2) is 11.3. The maximum absolute atomic E-state index is 9.33. The number of rotatable bonds is 8. The second-order valence-corrected chi connectivity index (χ2v) is 6.31. The Bertz CT molecular complexity index is 697. The molecule has 1 unspecified atom stereocenters. The van der Waals surface area contributed by atoms with E-state index in [-0.39, 0.29) is 25.2 Å². The first kappa shape index (κ1) is 22.6. The van der Waals surface area contributed by atoms with Gasteiger partial charge in [-0.25, -0.2) is 0 Å². The highest BCUT2D eigenvalue weighted by atomic mass is 16.5. The van der Waals surface area contributed by atoms with Crippen LogP contribution in [0.3, 0.4) is 0 Å². The molecule has 0 aliphatic rings. The molecule has 0 amide bonds. The summed E-state index contributed by atoms with van der Waals surface area (Å²) >= 11 is 0. The van der Waals surface area contributed by atoms with Gasteiger partial charge in [0, 0.05) is 5.41 Å². The Morgan fingerprint density at radius 2 is 1.37 bits per heavy atom. The lowest BCUT2D eigenvalue weighted by molar-refractivity contribution is 0.0536. The number of hydrogen-bond donors (Lipinski definition) is 2. The number of aliphatic hydroxyl groups is 2. The van der Waals surface area contributed by atoms with Crippen LogP contribution in [0.15, 0.2) is 48.5 Å². The smallest absolute Gasteiger partial charge is 0.148 e. The fraction of sp³-hybridized carbons (Fsp3) is 0.391. The summed E-state index contributed by atoms with van der Waals surface area (Å²) in [6.45, 7) is 8.31. The maximum Gasteiger partial charge on any atom is 0.148 e. The van der Waals surface area contributed by atoms with Crippen molar-refractivity contribution < 1.29 is 19.7 Å². The molecular formula is C23H30O4. The van der Waals surface area contributed by atoms with Crippen molar-refractivity contribution >= 4 is 0 Å². The van der Waals surface area contributed by atoms with Gasteiger partial charge in [0.2, 0.25) is 0 Å². The minimum absolute atomic E-state index is 0.0678. The zero-order chi connectivity index (χ0) is 20.3. The number of terminal acetylenes is 1. The van der Waals surface area contributed by atoms with E-state index in [1.54, 1.807) is 0 Å². The van der Waals surface area contributed by atoms with Crippen molar-refractivity contribution in [1.29, 1.82) is 0 Å². The molecule has 27 heavy (non-hydrogen) atoms. The Labute approximate surface area is 162 Å². The Hall–Kier alpha value is -2.48. The molecule has 2 aromatic rings. The minimum Gasteiger partial charge on any atom is -0.491 e. The van der Waals surface area contributed by atoms with Crippen LogP contribution in [-0.2, 0) is 5.41 Å². The van der Waals surface area contributed by atoms with Gasteiger partial charge in [-0.2, -0.15) is 0 Å². The van der Waals surface area contributed by atoms with Gasteiger partial charge in [-0.15, -0.1) is 6.42 Å². The fourth-order valence-electron chi connectivity index (χ4n) is 2.47. The first-order valence-corrected chi connectivity index (χ1v) is 9.16. The van der Waals surface area contributed by atoms with Crippen LogP contribution in [0.1, 0.15) is 38.8 Å². The van der Waals surface area contributed by atoms with E-state index in [9.17, 15) is 5.11 Å². The summed E-state index contributed by atoms with van der Waals surface area (Å²) in [6.07, 6.45) is 4.33. The summed E-state index contributed by atoms with van der Waals surface area (Å²) in [5, 5.41) is 18.1. The van der Waals surface area contributed by atoms with Crippen LogP contribution in [0, 0.1) is 12.3 Å². The van der Waals surface area contributed by atoms with Gasteiger partial charge in [-0.3, -0.25) is 0 Å². The first-order chi connectivity index (χ1) is 13.0. The van der Waals surface area contributed by atoms with E-state index in [1.165, 1.54) is 0 Å². The van der Waals surface area contributed by atoms with Gasteiger partial charge in [-0.1, -0.05) is 57.9 Å². The summed E-state index contributed by atoms with van der Waals surface area (Å²) in [7, 11) is 0. The number of hydrogen-bond acceptors (Lipinski definition) is 4. The van der Waals surface area contributed by atoms with Gasteiger partial charge in [0.05, 0.1) is 6.61 Å². The molecule has 0 bridgehead atoms. The Balaban J connectivity index is 0.00000176. The number of ether oxygens (including phenoxy) is 2. The van der Waals surface area contributed by atoms with Gasteiger partial charge < -0.3 is 19.7 Å². The predicted molar refractivity (Wildman–Crippen MR) is 109 cm³/mol. The lowest BCUT2D eigenvalue weighted by Gasteiger charge is -2.26. The Kier molecular flexibility index (Phi) is 9.42. The maximum atomic E-state index is 9.33. The molecule has 0 aliphatic carbocycles. The van der Waals surface area contributed by atoms with Crippen molar-refractivity contribution in [3.8, 4) is 23.8 Å². The van der Waals surface area contributed by atoms with Crippen LogP contribution >= 0.6 is 0 Å². The highest BCUT2D eigenvalue weighted by Crippen LogP contribution is 2.33. The summed E-state index contributed by atoms with van der Waals surface area (Å²) in [4.78, 5) is 0. The van der Waals surface area contributed by atoms with Crippen LogP contribution in [0.5, 0.6) is 11.5 Å². The van der Waals surface area contributed by atoms with Gasteiger partial charge in [-0.05, 0) is 35.4 Å². The molecule has 1 atom stereocenters. The van der Waals surface area contributed by atoms with Crippen molar-refractivity contribution in [3.63, 3.8) is 0 Å². The summed E-state index contributed by atoms with van der Waals surface area (Å²) in [5.41, 5.74) is 2.11. The molecule has 0 heterocycles. The molecule has 4 heteroatoms. The first-order valence-electron chi connectivity index (χ1n) is 9.16. The molecule has 0 saturated heterocycles. The van der Waals surface area contributed by atoms with E-state index in [2.05, 4.69) is 19.8 Å². The zero-order valence-corrected chi connectivity index (χ0v) is 16.6. The van der Waals surface area contributed by atoms with Gasteiger partial charge >= 0.3 is 0 Å². The van der Waals surface area contributed by atoms with Gasteiger partial charge in [0.15, 0.2) is 0 Å². The molecule has 4 nitrogen and oxygen atoms in total. The molecule has 146 valence electrons. The molecule has 0 fully saturated rings. The Morgan fingerprint density at radius 1 is 0.926 bits per heavy atom. The minimum atomic E-state index is -0.869. The van der Waals surface area contributed by atoms with Gasteiger partial charge in [0.25, 0.3) is 0 Å². The van der Waals surface area contributed by atoms with Crippen molar-refractivity contribution in [3.05, 3.63) is 59.7 Å². The Morgan fingerprint density at radius 3 is 1.78 bits per heavy atom. The van der Waals surface area contributed by atoms with Crippen LogP contribution in [0.25, 0.3) is 0 Å². The van der Waals surface area contributed by atoms with Crippen molar-refractivity contribution in [2.45, 2.75) is 39.2 Å². The molecule has 0 saturated carbocycles. The highest BCUT2D eigenvalue weighted by Gasteiger charge is 2.23.